The molecule has 0 radical (unpaired) electrons. The molecule has 1 atom stereocenters. The smallest absolute Gasteiger partial charge is 0.236 e. The van der Waals surface area contributed by atoms with Crippen molar-refractivity contribution in [2.24, 2.45) is 0 Å². The Balaban J connectivity index is 3.55. The SMILES string of the molecule is CC(=O)[15NH]CCCCC(N[13CH3])C(=O)N[13CH3]. The van der Waals surface area contributed by atoms with Crippen molar-refractivity contribution in [3.05, 3.63) is 0 Å². The summed E-state index contributed by atoms with van der Waals surface area (Å²) in [6, 6.07) is -0.132. The van der Waals surface area contributed by atoms with E-state index in [-0.39, 0.29) is 17.9 Å². The minimum Gasteiger partial charge on any atom is -0.358 e. The molecule has 0 bridgehead atoms. The van der Waals surface area contributed by atoms with Crippen LogP contribution in [0.3, 0.4) is 0 Å². The molecule has 0 fully saturated rings. The van der Waals surface area contributed by atoms with Crippen LogP contribution in [0.1, 0.15) is 26.2 Å². The number of hydrogen-bond acceptors (Lipinski definition) is 3. The molecule has 0 aliphatic carbocycles. The highest BCUT2D eigenvalue weighted by Crippen LogP contribution is 2.00. The maximum atomic E-state index is 11.3. The molecule has 0 aromatic heterocycles. The third-order valence-corrected chi connectivity index (χ3v) is 2.20. The Morgan fingerprint density at radius 2 is 1.87 bits per heavy atom. The summed E-state index contributed by atoms with van der Waals surface area (Å²) in [6.45, 7) is 2.18. The van der Waals surface area contributed by atoms with Gasteiger partial charge in [-0.25, -0.2) is 0 Å². The van der Waals surface area contributed by atoms with E-state index in [4.69, 9.17) is 0 Å². The van der Waals surface area contributed by atoms with E-state index in [1.807, 2.05) is 0 Å². The van der Waals surface area contributed by atoms with Gasteiger partial charge in [0.1, 0.15) is 0 Å². The standard InChI is InChI=1S/C10H21N3O2/c1-8(14)13-7-5-4-6-9(11-2)10(15)12-3/h9,11H,4-7H2,1-3H3,(H,12,15)(H,13,14)/i2+1,3+1,13+1. The number of likely N-dealkylation sites (N-methyl/N-ethyl adjacent to an activating group) is 2. The number of amides is 2. The predicted molar refractivity (Wildman–Crippen MR) is 59.4 cm³/mol. The van der Waals surface area contributed by atoms with Crippen LogP contribution >= 0.6 is 0 Å². The van der Waals surface area contributed by atoms with E-state index in [9.17, 15) is 9.59 Å². The summed E-state index contributed by atoms with van der Waals surface area (Å²) in [4.78, 5) is 21.8. The minimum atomic E-state index is -0.132. The van der Waals surface area contributed by atoms with Crippen molar-refractivity contribution in [2.45, 2.75) is 32.2 Å². The molecular weight excluding hydrogens is 197 g/mol. The van der Waals surface area contributed by atoms with Crippen molar-refractivity contribution in [1.82, 2.24) is 16.0 Å². The molecule has 0 saturated heterocycles. The molecule has 2 amide bonds. The van der Waals surface area contributed by atoms with E-state index in [2.05, 4.69) is 16.0 Å². The first kappa shape index (κ1) is 13.9. The van der Waals surface area contributed by atoms with Gasteiger partial charge in [-0.2, -0.15) is 0 Å². The lowest BCUT2D eigenvalue weighted by Gasteiger charge is -2.13. The Morgan fingerprint density at radius 3 is 2.33 bits per heavy atom. The second kappa shape index (κ2) is 8.23. The highest BCUT2D eigenvalue weighted by atomic mass is 16.2. The van der Waals surface area contributed by atoms with Crippen LogP contribution in [0, 0.1) is 0 Å². The van der Waals surface area contributed by atoms with Gasteiger partial charge in [0, 0.05) is 20.5 Å². The zero-order valence-electron chi connectivity index (χ0n) is 9.72. The fourth-order valence-corrected chi connectivity index (χ4v) is 1.32. The monoisotopic (exact) mass is 218 g/mol. The number of unbranched alkanes of at least 4 members (excludes halogenated alkanes) is 1. The van der Waals surface area contributed by atoms with E-state index < -0.39 is 0 Å². The zero-order chi connectivity index (χ0) is 11.7. The molecular formula is C10H21N3O2. The van der Waals surface area contributed by atoms with E-state index in [1.165, 1.54) is 6.92 Å². The molecule has 0 heterocycles. The predicted octanol–water partition coefficient (Wildman–Crippen LogP) is -0.373. The Hall–Kier alpha value is -1.10. The first-order valence-electron chi connectivity index (χ1n) is 5.25. The summed E-state index contributed by atoms with van der Waals surface area (Å²) in [5.74, 6) is 0.00324. The molecule has 0 spiro atoms. The summed E-state index contributed by atoms with van der Waals surface area (Å²) in [6.07, 6.45) is 2.60. The summed E-state index contributed by atoms with van der Waals surface area (Å²) in [5, 5.41) is 8.28. The molecule has 0 rings (SSSR count). The highest BCUT2D eigenvalue weighted by Gasteiger charge is 2.13. The Morgan fingerprint density at radius 1 is 1.20 bits per heavy atom. The molecule has 0 aromatic carbocycles. The average molecular weight is 218 g/mol. The molecule has 5 heteroatoms. The number of carbonyl (C=O) groups is 2. The van der Waals surface area contributed by atoms with Crippen molar-refractivity contribution in [3.63, 3.8) is 0 Å². The van der Waals surface area contributed by atoms with Crippen molar-refractivity contribution >= 4 is 11.8 Å². The van der Waals surface area contributed by atoms with Crippen LogP contribution in [0.5, 0.6) is 0 Å². The molecule has 15 heavy (non-hydrogen) atoms. The Bertz CT molecular complexity index is 207. The Labute approximate surface area is 91.0 Å². The lowest BCUT2D eigenvalue weighted by molar-refractivity contribution is -0.123. The van der Waals surface area contributed by atoms with Crippen molar-refractivity contribution in [2.75, 3.05) is 20.6 Å². The van der Waals surface area contributed by atoms with Crippen LogP contribution in [-0.2, 0) is 9.59 Å². The molecule has 3 N–H and O–H groups in total. The molecule has 0 aliphatic rings. The lowest BCUT2D eigenvalue weighted by Crippen LogP contribution is -2.41. The van der Waals surface area contributed by atoms with E-state index in [0.29, 0.717) is 6.54 Å². The largest absolute Gasteiger partial charge is 0.358 e. The summed E-state index contributed by atoms with van der Waals surface area (Å²) >= 11 is 0. The van der Waals surface area contributed by atoms with Gasteiger partial charge in [0.25, 0.3) is 0 Å². The van der Waals surface area contributed by atoms with Crippen LogP contribution in [0.4, 0.5) is 0 Å². The molecule has 88 valence electrons. The summed E-state index contributed by atoms with van der Waals surface area (Å²) in [5.41, 5.74) is 0. The number of nitrogens with one attached hydrogen (secondary N) is 3. The van der Waals surface area contributed by atoms with E-state index in [0.717, 1.165) is 19.3 Å². The van der Waals surface area contributed by atoms with E-state index >= 15 is 0 Å². The van der Waals surface area contributed by atoms with Gasteiger partial charge in [-0.3, -0.25) is 9.59 Å². The first-order valence-corrected chi connectivity index (χ1v) is 5.25. The van der Waals surface area contributed by atoms with Gasteiger partial charge in [-0.15, -0.1) is 0 Å². The molecule has 0 aromatic rings. The first-order chi connectivity index (χ1) is 7.11. The van der Waals surface area contributed by atoms with Crippen LogP contribution in [0.2, 0.25) is 0 Å². The quantitative estimate of drug-likeness (QED) is 0.310. The van der Waals surface area contributed by atoms with Crippen molar-refractivity contribution in [3.8, 4) is 0 Å². The zero-order valence-corrected chi connectivity index (χ0v) is 9.72. The van der Waals surface area contributed by atoms with Crippen LogP contribution in [0.15, 0.2) is 0 Å². The van der Waals surface area contributed by atoms with Gasteiger partial charge >= 0.3 is 0 Å². The molecule has 0 aliphatic heterocycles. The van der Waals surface area contributed by atoms with Gasteiger partial charge in [-0.05, 0) is 26.3 Å². The number of rotatable bonds is 7. The number of hydrogen-bond donors (Lipinski definition) is 3. The van der Waals surface area contributed by atoms with Gasteiger partial charge in [0.15, 0.2) is 0 Å². The number of carbonyl (C=O) groups excluding carboxylic acids is 2. The topological polar surface area (TPSA) is 70.2 Å². The van der Waals surface area contributed by atoms with Crippen molar-refractivity contribution in [1.29, 1.82) is 0 Å². The normalized spacial score (nSPS) is 11.9. The average Bonchev–Trinajstić information content (AvgIpc) is 2.22. The third kappa shape index (κ3) is 6.90. The van der Waals surface area contributed by atoms with Crippen LogP contribution in [0.25, 0.3) is 0 Å². The van der Waals surface area contributed by atoms with Gasteiger partial charge < -0.3 is 16.0 Å². The second-order valence-corrected chi connectivity index (χ2v) is 3.43. The van der Waals surface area contributed by atoms with Gasteiger partial charge in [0.05, 0.1) is 6.04 Å². The fraction of sp³-hybridized carbons (Fsp3) is 0.800. The van der Waals surface area contributed by atoms with Crippen LogP contribution in [-0.4, -0.2) is 38.5 Å². The second-order valence-electron chi connectivity index (χ2n) is 3.43. The van der Waals surface area contributed by atoms with Gasteiger partial charge in [0.2, 0.25) is 11.8 Å². The van der Waals surface area contributed by atoms with Crippen LogP contribution < -0.4 is 16.0 Å². The third-order valence-electron chi connectivity index (χ3n) is 2.20. The van der Waals surface area contributed by atoms with Crippen molar-refractivity contribution < 1.29 is 9.59 Å². The summed E-state index contributed by atoms with van der Waals surface area (Å²) < 4.78 is 0. The maximum Gasteiger partial charge on any atom is 0.236 e. The van der Waals surface area contributed by atoms with Gasteiger partial charge in [-0.1, -0.05) is 0 Å². The summed E-state index contributed by atoms with van der Waals surface area (Å²) in [7, 11) is 3.40. The minimum absolute atomic E-state index is 0.00790. The Kier molecular flexibility index (Phi) is 7.62. The maximum absolute atomic E-state index is 11.3. The molecule has 5 nitrogen and oxygen atoms in total. The lowest BCUT2D eigenvalue weighted by atomic mass is 10.1. The molecule has 1 unspecified atom stereocenters. The fourth-order valence-electron chi connectivity index (χ4n) is 1.32. The molecule has 0 saturated carbocycles. The highest BCUT2D eigenvalue weighted by molar-refractivity contribution is 5.81. The van der Waals surface area contributed by atoms with E-state index in [1.54, 1.807) is 14.1 Å².